The number of aliphatic hydroxyl groups excluding tert-OH is 1. The molecule has 9 heteroatoms. The Morgan fingerprint density at radius 3 is 2.66 bits per heavy atom. The number of nitrogens with one attached hydrogen (secondary N) is 2. The molecule has 4 atom stereocenters. The maximum Gasteiger partial charge on any atom is 0.224 e. The molecule has 2 aliphatic heterocycles. The van der Waals surface area contributed by atoms with Gasteiger partial charge in [0.2, 0.25) is 11.8 Å². The summed E-state index contributed by atoms with van der Waals surface area (Å²) in [6.07, 6.45) is 5.15. The van der Waals surface area contributed by atoms with Crippen molar-refractivity contribution in [2.75, 3.05) is 38.7 Å². The molecule has 2 aliphatic rings. The van der Waals surface area contributed by atoms with Crippen LogP contribution >= 0.6 is 0 Å². The van der Waals surface area contributed by atoms with E-state index >= 15 is 0 Å². The highest BCUT2D eigenvalue weighted by Gasteiger charge is 2.35. The lowest BCUT2D eigenvalue weighted by atomic mass is 9.99. The number of ether oxygens (including phenoxy) is 3. The first kappa shape index (κ1) is 31.1. The largest absolute Gasteiger partial charge is 0.392 e. The van der Waals surface area contributed by atoms with Gasteiger partial charge in [-0.1, -0.05) is 42.8 Å². The van der Waals surface area contributed by atoms with Gasteiger partial charge in [-0.2, -0.15) is 0 Å². The zero-order valence-corrected chi connectivity index (χ0v) is 24.3. The van der Waals surface area contributed by atoms with E-state index in [0.29, 0.717) is 24.7 Å². The van der Waals surface area contributed by atoms with Gasteiger partial charge in [-0.05, 0) is 55.5 Å². The van der Waals surface area contributed by atoms with Gasteiger partial charge in [-0.15, -0.1) is 0 Å². The van der Waals surface area contributed by atoms with E-state index in [0.717, 1.165) is 74.9 Å². The lowest BCUT2D eigenvalue weighted by Crippen LogP contribution is -2.42. The molecular formula is C32H45N3O6. The number of hydrogen-bond donors (Lipinski definition) is 3. The average Bonchev–Trinajstić information content (AvgIpc) is 3.41. The number of nitrogens with zero attached hydrogens (tertiary/aromatic N) is 1. The van der Waals surface area contributed by atoms with Gasteiger partial charge >= 0.3 is 0 Å². The zero-order chi connectivity index (χ0) is 29.0. The summed E-state index contributed by atoms with van der Waals surface area (Å²) in [6, 6.07) is 16.0. The van der Waals surface area contributed by atoms with Crippen molar-refractivity contribution in [1.29, 1.82) is 0 Å². The maximum atomic E-state index is 12.6. The molecule has 2 heterocycles. The second-order valence-corrected chi connectivity index (χ2v) is 11.1. The summed E-state index contributed by atoms with van der Waals surface area (Å²) in [5, 5.41) is 15.3. The van der Waals surface area contributed by atoms with Crippen LogP contribution in [0.15, 0.2) is 48.5 Å². The molecule has 2 saturated heterocycles. The minimum absolute atomic E-state index is 0.00555. The number of aliphatic hydroxyl groups is 1. The minimum atomic E-state index is -0.578. The van der Waals surface area contributed by atoms with Crippen molar-refractivity contribution in [3.05, 3.63) is 65.2 Å². The molecule has 3 N–H and O–H groups in total. The first-order valence-corrected chi connectivity index (χ1v) is 14.8. The average molecular weight is 568 g/mol. The Morgan fingerprint density at radius 1 is 1.07 bits per heavy atom. The molecule has 224 valence electrons. The Balaban J connectivity index is 1.41. The molecule has 0 radical (unpaired) electrons. The van der Waals surface area contributed by atoms with Crippen molar-refractivity contribution in [2.24, 2.45) is 0 Å². The van der Waals surface area contributed by atoms with Gasteiger partial charge in [0.1, 0.15) is 0 Å². The second kappa shape index (κ2) is 16.0. The highest BCUT2D eigenvalue weighted by molar-refractivity contribution is 5.90. The van der Waals surface area contributed by atoms with Crippen molar-refractivity contribution in [3.63, 3.8) is 0 Å². The van der Waals surface area contributed by atoms with E-state index in [1.54, 1.807) is 7.11 Å². The van der Waals surface area contributed by atoms with Crippen molar-refractivity contribution < 1.29 is 28.9 Å². The molecule has 0 aliphatic carbocycles. The van der Waals surface area contributed by atoms with Gasteiger partial charge in [0.25, 0.3) is 0 Å². The molecule has 4 rings (SSSR count). The number of benzene rings is 2. The monoisotopic (exact) mass is 567 g/mol. The second-order valence-electron chi connectivity index (χ2n) is 11.1. The summed E-state index contributed by atoms with van der Waals surface area (Å²) in [6.45, 7) is 4.70. The lowest BCUT2D eigenvalue weighted by Gasteiger charge is -2.39. The molecule has 0 bridgehead atoms. The van der Waals surface area contributed by atoms with Crippen molar-refractivity contribution in [2.45, 2.75) is 83.0 Å². The van der Waals surface area contributed by atoms with Crippen LogP contribution < -0.4 is 10.6 Å². The van der Waals surface area contributed by atoms with E-state index < -0.39 is 6.29 Å². The molecule has 2 aromatic rings. The Bertz CT molecular complexity index is 1110. The van der Waals surface area contributed by atoms with Crippen LogP contribution in [0.1, 0.15) is 81.0 Å². The molecular weight excluding hydrogens is 522 g/mol. The fourth-order valence-corrected chi connectivity index (χ4v) is 5.65. The maximum absolute atomic E-state index is 12.6. The highest BCUT2D eigenvalue weighted by atomic mass is 16.7. The number of anilines is 1. The van der Waals surface area contributed by atoms with E-state index in [1.165, 1.54) is 6.92 Å². The quantitative estimate of drug-likeness (QED) is 0.289. The van der Waals surface area contributed by atoms with E-state index in [2.05, 4.69) is 15.5 Å². The lowest BCUT2D eigenvalue weighted by molar-refractivity contribution is -0.253. The third-order valence-corrected chi connectivity index (χ3v) is 7.81. The molecule has 2 fully saturated rings. The normalized spacial score (nSPS) is 22.9. The number of carbonyl (C=O) groups is 2. The molecule has 0 unspecified atom stereocenters. The Kier molecular flexibility index (Phi) is 12.1. The molecule has 41 heavy (non-hydrogen) atoms. The molecule has 0 saturated carbocycles. The predicted octanol–water partition coefficient (Wildman–Crippen LogP) is 4.47. The summed E-state index contributed by atoms with van der Waals surface area (Å²) in [4.78, 5) is 26.0. The smallest absolute Gasteiger partial charge is 0.224 e. The molecule has 2 aromatic carbocycles. The van der Waals surface area contributed by atoms with E-state index in [9.17, 15) is 14.7 Å². The Hall–Kier alpha value is -2.82. The number of unbranched alkanes of at least 4 members (excludes halogenated alkanes) is 2. The van der Waals surface area contributed by atoms with Crippen molar-refractivity contribution in [3.8, 4) is 0 Å². The van der Waals surface area contributed by atoms with Gasteiger partial charge in [0, 0.05) is 57.3 Å². The van der Waals surface area contributed by atoms with E-state index in [1.807, 2.05) is 48.5 Å². The van der Waals surface area contributed by atoms with Gasteiger partial charge in [-0.3, -0.25) is 14.5 Å². The van der Waals surface area contributed by atoms with Crippen LogP contribution in [-0.4, -0.2) is 67.3 Å². The van der Waals surface area contributed by atoms with Crippen LogP contribution in [0.3, 0.4) is 0 Å². The van der Waals surface area contributed by atoms with Crippen LogP contribution in [0.25, 0.3) is 0 Å². The summed E-state index contributed by atoms with van der Waals surface area (Å²) in [5.74, 6) is -0.0674. The predicted molar refractivity (Wildman–Crippen MR) is 157 cm³/mol. The topological polar surface area (TPSA) is 109 Å². The summed E-state index contributed by atoms with van der Waals surface area (Å²) in [7, 11) is 1.75. The van der Waals surface area contributed by atoms with E-state index in [4.69, 9.17) is 14.2 Å². The van der Waals surface area contributed by atoms with Crippen molar-refractivity contribution >= 4 is 17.5 Å². The third kappa shape index (κ3) is 9.61. The van der Waals surface area contributed by atoms with Gasteiger partial charge in [0.15, 0.2) is 6.29 Å². The fraction of sp³-hybridized carbons (Fsp3) is 0.562. The number of methoxy groups -OCH3 is 1. The van der Waals surface area contributed by atoms with E-state index in [-0.39, 0.29) is 30.6 Å². The first-order valence-electron chi connectivity index (χ1n) is 14.8. The number of hydrogen-bond acceptors (Lipinski definition) is 7. The fourth-order valence-electron chi connectivity index (χ4n) is 5.65. The first-order chi connectivity index (χ1) is 19.9. The van der Waals surface area contributed by atoms with Gasteiger partial charge in [0.05, 0.1) is 25.4 Å². The van der Waals surface area contributed by atoms with Gasteiger partial charge < -0.3 is 30.0 Å². The molecule has 2 amide bonds. The summed E-state index contributed by atoms with van der Waals surface area (Å²) < 4.78 is 18.5. The van der Waals surface area contributed by atoms with Crippen LogP contribution in [0.2, 0.25) is 0 Å². The number of rotatable bonds is 14. The minimum Gasteiger partial charge on any atom is -0.392 e. The summed E-state index contributed by atoms with van der Waals surface area (Å²) in [5.41, 5.74) is 3.49. The van der Waals surface area contributed by atoms with Crippen LogP contribution in [0.5, 0.6) is 0 Å². The molecule has 9 nitrogen and oxygen atoms in total. The van der Waals surface area contributed by atoms with Crippen molar-refractivity contribution in [1.82, 2.24) is 10.2 Å². The zero-order valence-electron chi connectivity index (χ0n) is 24.3. The standard InChI is InChI=1S/C32H45N3O6/c1-23(37)33-16-5-3-4-11-31(38)34-27-9-6-8-26(18-27)32-40-29(20-35-17-7-10-28(35)22-39-2)19-30(41-32)25-14-12-24(21-36)13-15-25/h6,8-9,12-15,18,28-30,32,36H,3-5,7,10-11,16-17,19-22H2,1-2H3,(H,33,37)(H,34,38)/t28-,29+,30-,32-/m0/s1. The number of likely N-dealkylation sites (tertiary alicyclic amines) is 1. The SMILES string of the molecule is COC[C@@H]1CCCN1C[C@H]1C[C@@H](c2ccc(CO)cc2)O[C@@H](c2cccc(NC(=O)CCCCCNC(C)=O)c2)O1. The van der Waals surface area contributed by atoms with Gasteiger partial charge in [-0.25, -0.2) is 0 Å². The molecule has 0 aromatic heterocycles. The number of amides is 2. The Morgan fingerprint density at radius 2 is 1.90 bits per heavy atom. The Labute approximate surface area is 243 Å². The molecule has 0 spiro atoms. The highest BCUT2D eigenvalue weighted by Crippen LogP contribution is 2.39. The third-order valence-electron chi connectivity index (χ3n) is 7.81. The summed E-state index contributed by atoms with van der Waals surface area (Å²) >= 11 is 0. The van der Waals surface area contributed by atoms with Crippen LogP contribution in [-0.2, 0) is 30.4 Å². The van der Waals surface area contributed by atoms with Crippen LogP contribution in [0.4, 0.5) is 5.69 Å². The number of carbonyl (C=O) groups excluding carboxylic acids is 2. The van der Waals surface area contributed by atoms with Crippen LogP contribution in [0, 0.1) is 0 Å².